The second-order valence-electron chi connectivity index (χ2n) is 5.25. The van der Waals surface area contributed by atoms with Crippen molar-refractivity contribution in [3.05, 3.63) is 58.6 Å². The van der Waals surface area contributed by atoms with Crippen LogP contribution in [0.2, 0.25) is 5.02 Å². The van der Waals surface area contributed by atoms with E-state index in [1.165, 1.54) is 12.8 Å². The second kappa shape index (κ2) is 5.86. The SMILES string of the molecule is Cc1ccccc1Oc1c(Cl)cccc1CNC1CC1. The topological polar surface area (TPSA) is 21.3 Å². The van der Waals surface area contributed by atoms with E-state index in [0.29, 0.717) is 11.1 Å². The Morgan fingerprint density at radius 2 is 1.95 bits per heavy atom. The molecule has 0 aromatic heterocycles. The molecule has 1 saturated carbocycles. The summed E-state index contributed by atoms with van der Waals surface area (Å²) in [6.07, 6.45) is 2.54. The van der Waals surface area contributed by atoms with Gasteiger partial charge >= 0.3 is 0 Å². The van der Waals surface area contributed by atoms with Crippen molar-refractivity contribution < 1.29 is 4.74 Å². The summed E-state index contributed by atoms with van der Waals surface area (Å²) in [6, 6.07) is 14.6. The normalized spacial score (nSPS) is 14.3. The van der Waals surface area contributed by atoms with Gasteiger partial charge in [-0.2, -0.15) is 0 Å². The zero-order valence-corrected chi connectivity index (χ0v) is 12.3. The first kappa shape index (κ1) is 13.5. The Labute approximate surface area is 124 Å². The van der Waals surface area contributed by atoms with Gasteiger partial charge in [0.25, 0.3) is 0 Å². The van der Waals surface area contributed by atoms with Crippen LogP contribution in [0.4, 0.5) is 0 Å². The van der Waals surface area contributed by atoms with Gasteiger partial charge in [0.2, 0.25) is 0 Å². The van der Waals surface area contributed by atoms with Crippen LogP contribution in [0.25, 0.3) is 0 Å². The number of hydrogen-bond acceptors (Lipinski definition) is 2. The van der Waals surface area contributed by atoms with Crippen LogP contribution in [0.5, 0.6) is 11.5 Å². The molecule has 0 aliphatic heterocycles. The van der Waals surface area contributed by atoms with Crippen molar-refractivity contribution in [3.63, 3.8) is 0 Å². The molecule has 1 aliphatic rings. The number of ether oxygens (including phenoxy) is 1. The molecule has 3 rings (SSSR count). The average molecular weight is 288 g/mol. The molecule has 0 unspecified atom stereocenters. The lowest BCUT2D eigenvalue weighted by atomic mass is 10.2. The second-order valence-corrected chi connectivity index (χ2v) is 5.66. The van der Waals surface area contributed by atoms with Crippen LogP contribution < -0.4 is 10.1 Å². The zero-order valence-electron chi connectivity index (χ0n) is 11.5. The van der Waals surface area contributed by atoms with Crippen molar-refractivity contribution in [1.82, 2.24) is 5.32 Å². The highest BCUT2D eigenvalue weighted by Gasteiger charge is 2.21. The van der Waals surface area contributed by atoms with Crippen LogP contribution in [0, 0.1) is 6.92 Å². The molecular weight excluding hydrogens is 270 g/mol. The van der Waals surface area contributed by atoms with E-state index in [9.17, 15) is 0 Å². The molecule has 0 amide bonds. The van der Waals surface area contributed by atoms with Crippen LogP contribution in [-0.4, -0.2) is 6.04 Å². The molecule has 2 nitrogen and oxygen atoms in total. The van der Waals surface area contributed by atoms with Gasteiger partial charge in [-0.25, -0.2) is 0 Å². The quantitative estimate of drug-likeness (QED) is 0.861. The van der Waals surface area contributed by atoms with Crippen molar-refractivity contribution in [2.24, 2.45) is 0 Å². The van der Waals surface area contributed by atoms with Crippen molar-refractivity contribution in [2.45, 2.75) is 32.4 Å². The fourth-order valence-electron chi connectivity index (χ4n) is 2.13. The largest absolute Gasteiger partial charge is 0.455 e. The number of nitrogens with one attached hydrogen (secondary N) is 1. The van der Waals surface area contributed by atoms with Crippen LogP contribution in [0.1, 0.15) is 24.0 Å². The summed E-state index contributed by atoms with van der Waals surface area (Å²) in [6.45, 7) is 2.83. The van der Waals surface area contributed by atoms with Gasteiger partial charge in [0.05, 0.1) is 5.02 Å². The van der Waals surface area contributed by atoms with E-state index < -0.39 is 0 Å². The molecule has 0 spiro atoms. The number of hydrogen-bond donors (Lipinski definition) is 1. The molecule has 2 aromatic rings. The Kier molecular flexibility index (Phi) is 3.95. The van der Waals surface area contributed by atoms with Crippen molar-refractivity contribution >= 4 is 11.6 Å². The summed E-state index contributed by atoms with van der Waals surface area (Å²) in [4.78, 5) is 0. The zero-order chi connectivity index (χ0) is 13.9. The standard InChI is InChI=1S/C17H18ClNO/c1-12-5-2-3-8-16(12)20-17-13(6-4-7-15(17)18)11-19-14-9-10-14/h2-8,14,19H,9-11H2,1H3. The lowest BCUT2D eigenvalue weighted by Crippen LogP contribution is -2.15. The van der Waals surface area contributed by atoms with Gasteiger partial charge in [-0.3, -0.25) is 0 Å². The monoisotopic (exact) mass is 287 g/mol. The molecule has 3 heteroatoms. The Balaban J connectivity index is 1.85. The minimum absolute atomic E-state index is 0.656. The van der Waals surface area contributed by atoms with Gasteiger partial charge in [-0.1, -0.05) is 41.9 Å². The molecule has 104 valence electrons. The molecule has 20 heavy (non-hydrogen) atoms. The third-order valence-electron chi connectivity index (χ3n) is 3.51. The summed E-state index contributed by atoms with van der Waals surface area (Å²) in [5, 5.41) is 4.16. The maximum absolute atomic E-state index is 6.31. The summed E-state index contributed by atoms with van der Waals surface area (Å²) >= 11 is 6.31. The first-order valence-electron chi connectivity index (χ1n) is 6.98. The Hall–Kier alpha value is -1.51. The molecule has 2 aromatic carbocycles. The lowest BCUT2D eigenvalue weighted by Gasteiger charge is -2.14. The van der Waals surface area contributed by atoms with E-state index >= 15 is 0 Å². The van der Waals surface area contributed by atoms with Gasteiger partial charge in [-0.15, -0.1) is 0 Å². The van der Waals surface area contributed by atoms with E-state index in [0.717, 1.165) is 29.2 Å². The third-order valence-corrected chi connectivity index (χ3v) is 3.81. The van der Waals surface area contributed by atoms with Gasteiger partial charge < -0.3 is 10.1 Å². The third kappa shape index (κ3) is 3.14. The van der Waals surface area contributed by atoms with Crippen LogP contribution >= 0.6 is 11.6 Å². The van der Waals surface area contributed by atoms with Gasteiger partial charge in [0.15, 0.2) is 5.75 Å². The molecule has 1 N–H and O–H groups in total. The van der Waals surface area contributed by atoms with Crippen LogP contribution in [-0.2, 0) is 6.54 Å². The predicted molar refractivity (Wildman–Crippen MR) is 82.6 cm³/mol. The van der Waals surface area contributed by atoms with E-state index in [-0.39, 0.29) is 0 Å². The molecule has 0 atom stereocenters. The Morgan fingerprint density at radius 3 is 2.70 bits per heavy atom. The average Bonchev–Trinajstić information content (AvgIpc) is 3.26. The Morgan fingerprint density at radius 1 is 1.15 bits per heavy atom. The highest BCUT2D eigenvalue weighted by atomic mass is 35.5. The van der Waals surface area contributed by atoms with E-state index in [4.69, 9.17) is 16.3 Å². The summed E-state index contributed by atoms with van der Waals surface area (Å²) < 4.78 is 6.05. The molecule has 1 fully saturated rings. The van der Waals surface area contributed by atoms with E-state index in [1.807, 2.05) is 43.3 Å². The first-order chi connectivity index (χ1) is 9.74. The molecule has 0 saturated heterocycles. The van der Waals surface area contributed by atoms with Crippen molar-refractivity contribution in [1.29, 1.82) is 0 Å². The van der Waals surface area contributed by atoms with Crippen molar-refractivity contribution in [3.8, 4) is 11.5 Å². The number of halogens is 1. The molecular formula is C17H18ClNO. The number of para-hydroxylation sites is 2. The van der Waals surface area contributed by atoms with Crippen molar-refractivity contribution in [2.75, 3.05) is 0 Å². The van der Waals surface area contributed by atoms with Gasteiger partial charge in [0.1, 0.15) is 5.75 Å². The van der Waals surface area contributed by atoms with Gasteiger partial charge in [0, 0.05) is 18.2 Å². The maximum atomic E-state index is 6.31. The number of aryl methyl sites for hydroxylation is 1. The highest BCUT2D eigenvalue weighted by Crippen LogP contribution is 2.34. The van der Waals surface area contributed by atoms with Crippen LogP contribution in [0.15, 0.2) is 42.5 Å². The highest BCUT2D eigenvalue weighted by molar-refractivity contribution is 6.32. The molecule has 0 bridgehead atoms. The summed E-state index contributed by atoms with van der Waals surface area (Å²) in [7, 11) is 0. The summed E-state index contributed by atoms with van der Waals surface area (Å²) in [5.74, 6) is 1.62. The fourth-order valence-corrected chi connectivity index (χ4v) is 2.36. The minimum atomic E-state index is 0.656. The molecule has 0 radical (unpaired) electrons. The first-order valence-corrected chi connectivity index (χ1v) is 7.36. The minimum Gasteiger partial charge on any atom is -0.455 e. The van der Waals surface area contributed by atoms with E-state index in [1.54, 1.807) is 0 Å². The number of benzene rings is 2. The lowest BCUT2D eigenvalue weighted by molar-refractivity contribution is 0.469. The Bertz CT molecular complexity index is 608. The van der Waals surface area contributed by atoms with E-state index in [2.05, 4.69) is 11.4 Å². The molecule has 0 heterocycles. The smallest absolute Gasteiger partial charge is 0.150 e. The van der Waals surface area contributed by atoms with Crippen LogP contribution in [0.3, 0.4) is 0 Å². The molecule has 1 aliphatic carbocycles. The number of rotatable bonds is 5. The maximum Gasteiger partial charge on any atom is 0.150 e. The fraction of sp³-hybridized carbons (Fsp3) is 0.294. The predicted octanol–water partition coefficient (Wildman–Crippen LogP) is 4.69. The summed E-state index contributed by atoms with van der Waals surface area (Å²) in [5.41, 5.74) is 2.21. The van der Waals surface area contributed by atoms with Gasteiger partial charge in [-0.05, 0) is 37.5 Å².